The van der Waals surface area contributed by atoms with E-state index < -0.39 is 6.10 Å². The highest BCUT2D eigenvalue weighted by molar-refractivity contribution is 7.99. The van der Waals surface area contributed by atoms with Crippen molar-refractivity contribution in [2.45, 2.75) is 24.3 Å². The van der Waals surface area contributed by atoms with Crippen LogP contribution in [0.2, 0.25) is 0 Å². The summed E-state index contributed by atoms with van der Waals surface area (Å²) in [7, 11) is 0. The molecule has 0 radical (unpaired) electrons. The summed E-state index contributed by atoms with van der Waals surface area (Å²) in [5, 5.41) is 10.4. The summed E-state index contributed by atoms with van der Waals surface area (Å²) in [4.78, 5) is 1.19. The highest BCUT2D eigenvalue weighted by atomic mass is 32.2. The van der Waals surface area contributed by atoms with Crippen molar-refractivity contribution in [2.24, 2.45) is 0 Å². The SMILES string of the molecule is Cc1cccc(SCC(O)c2cccc3c2OCC3)c1. The second-order valence-electron chi connectivity index (χ2n) is 5.08. The summed E-state index contributed by atoms with van der Waals surface area (Å²) in [6.45, 7) is 2.81. The van der Waals surface area contributed by atoms with E-state index in [9.17, 15) is 5.11 Å². The van der Waals surface area contributed by atoms with Crippen LogP contribution in [0.4, 0.5) is 0 Å². The van der Waals surface area contributed by atoms with Crippen LogP contribution in [0.3, 0.4) is 0 Å². The van der Waals surface area contributed by atoms with Gasteiger partial charge in [0.15, 0.2) is 0 Å². The molecule has 0 fully saturated rings. The monoisotopic (exact) mass is 286 g/mol. The predicted octanol–water partition coefficient (Wildman–Crippen LogP) is 3.76. The topological polar surface area (TPSA) is 29.5 Å². The molecule has 0 saturated heterocycles. The smallest absolute Gasteiger partial charge is 0.128 e. The van der Waals surface area contributed by atoms with Crippen molar-refractivity contribution in [1.82, 2.24) is 0 Å². The zero-order valence-electron chi connectivity index (χ0n) is 11.5. The average Bonchev–Trinajstić information content (AvgIpc) is 2.93. The fourth-order valence-electron chi connectivity index (χ4n) is 2.47. The first-order chi connectivity index (χ1) is 9.74. The van der Waals surface area contributed by atoms with E-state index in [-0.39, 0.29) is 0 Å². The maximum atomic E-state index is 10.4. The normalized spacial score (nSPS) is 14.7. The van der Waals surface area contributed by atoms with Gasteiger partial charge in [-0.15, -0.1) is 11.8 Å². The van der Waals surface area contributed by atoms with Crippen molar-refractivity contribution >= 4 is 11.8 Å². The Balaban J connectivity index is 1.71. The number of para-hydroxylation sites is 1. The lowest BCUT2D eigenvalue weighted by Gasteiger charge is -2.14. The maximum Gasteiger partial charge on any atom is 0.128 e. The van der Waals surface area contributed by atoms with Gasteiger partial charge >= 0.3 is 0 Å². The molecular formula is C17H18O2S. The lowest BCUT2D eigenvalue weighted by atomic mass is 10.0. The highest BCUT2D eigenvalue weighted by Gasteiger charge is 2.20. The molecule has 1 atom stereocenters. The summed E-state index contributed by atoms with van der Waals surface area (Å²) >= 11 is 1.68. The van der Waals surface area contributed by atoms with Crippen molar-refractivity contribution in [3.05, 3.63) is 59.2 Å². The zero-order chi connectivity index (χ0) is 13.9. The Hall–Kier alpha value is -1.45. The third-order valence-corrected chi connectivity index (χ3v) is 4.57. The fourth-order valence-corrected chi connectivity index (χ4v) is 3.45. The van der Waals surface area contributed by atoms with Crippen molar-refractivity contribution in [1.29, 1.82) is 0 Å². The number of hydrogen-bond donors (Lipinski definition) is 1. The fraction of sp³-hybridized carbons (Fsp3) is 0.294. The molecule has 3 rings (SSSR count). The molecule has 1 aliphatic heterocycles. The first-order valence-electron chi connectivity index (χ1n) is 6.86. The first-order valence-corrected chi connectivity index (χ1v) is 7.85. The standard InChI is InChI=1S/C17H18O2S/c1-12-4-2-6-14(10-12)20-11-16(18)15-7-3-5-13-8-9-19-17(13)15/h2-7,10,16,18H,8-9,11H2,1H3. The van der Waals surface area contributed by atoms with Gasteiger partial charge in [0.2, 0.25) is 0 Å². The molecule has 0 aromatic heterocycles. The number of aliphatic hydroxyl groups is 1. The summed E-state index contributed by atoms with van der Waals surface area (Å²) in [6.07, 6.45) is 0.453. The third-order valence-electron chi connectivity index (χ3n) is 3.50. The van der Waals surface area contributed by atoms with Crippen LogP contribution >= 0.6 is 11.8 Å². The van der Waals surface area contributed by atoms with Crippen LogP contribution < -0.4 is 4.74 Å². The van der Waals surface area contributed by atoms with Crippen LogP contribution in [0, 0.1) is 6.92 Å². The Morgan fingerprint density at radius 2 is 2.10 bits per heavy atom. The van der Waals surface area contributed by atoms with Crippen molar-refractivity contribution in [3.8, 4) is 5.75 Å². The van der Waals surface area contributed by atoms with Crippen LogP contribution in [-0.4, -0.2) is 17.5 Å². The summed E-state index contributed by atoms with van der Waals surface area (Å²) in [5.41, 5.74) is 3.37. The molecule has 1 aliphatic rings. The van der Waals surface area contributed by atoms with E-state index in [1.165, 1.54) is 16.0 Å². The number of aryl methyl sites for hydroxylation is 1. The minimum atomic E-state index is -0.492. The number of benzene rings is 2. The van der Waals surface area contributed by atoms with Crippen LogP contribution in [0.5, 0.6) is 5.75 Å². The number of rotatable bonds is 4. The van der Waals surface area contributed by atoms with Gasteiger partial charge in [-0.3, -0.25) is 0 Å². The van der Waals surface area contributed by atoms with E-state index in [0.29, 0.717) is 5.75 Å². The molecule has 2 nitrogen and oxygen atoms in total. The molecule has 3 heteroatoms. The van der Waals surface area contributed by atoms with Crippen molar-refractivity contribution in [3.63, 3.8) is 0 Å². The second kappa shape index (κ2) is 5.90. The van der Waals surface area contributed by atoms with Crippen LogP contribution in [0.1, 0.15) is 22.8 Å². The minimum absolute atomic E-state index is 0.492. The average molecular weight is 286 g/mol. The van der Waals surface area contributed by atoms with E-state index in [0.717, 1.165) is 24.3 Å². The molecule has 2 aromatic rings. The lowest BCUT2D eigenvalue weighted by molar-refractivity contribution is 0.198. The first kappa shape index (κ1) is 13.5. The third kappa shape index (κ3) is 2.84. The molecule has 0 amide bonds. The largest absolute Gasteiger partial charge is 0.493 e. The zero-order valence-corrected chi connectivity index (χ0v) is 12.3. The number of hydrogen-bond acceptors (Lipinski definition) is 3. The molecule has 0 saturated carbocycles. The van der Waals surface area contributed by atoms with Gasteiger partial charge in [-0.25, -0.2) is 0 Å². The number of ether oxygens (including phenoxy) is 1. The quantitative estimate of drug-likeness (QED) is 0.868. The lowest BCUT2D eigenvalue weighted by Crippen LogP contribution is -2.03. The second-order valence-corrected chi connectivity index (χ2v) is 6.17. The van der Waals surface area contributed by atoms with E-state index in [1.807, 2.05) is 18.2 Å². The molecule has 0 bridgehead atoms. The van der Waals surface area contributed by atoms with Gasteiger partial charge < -0.3 is 9.84 Å². The highest BCUT2D eigenvalue weighted by Crippen LogP contribution is 2.35. The molecule has 2 aromatic carbocycles. The van der Waals surface area contributed by atoms with Crippen LogP contribution in [0.25, 0.3) is 0 Å². The minimum Gasteiger partial charge on any atom is -0.493 e. The van der Waals surface area contributed by atoms with Crippen molar-refractivity contribution in [2.75, 3.05) is 12.4 Å². The van der Waals surface area contributed by atoms with Crippen LogP contribution in [0.15, 0.2) is 47.4 Å². The predicted molar refractivity (Wildman–Crippen MR) is 82.5 cm³/mol. The maximum absolute atomic E-state index is 10.4. The van der Waals surface area contributed by atoms with Crippen LogP contribution in [-0.2, 0) is 6.42 Å². The van der Waals surface area contributed by atoms with Gasteiger partial charge in [0, 0.05) is 22.6 Å². The molecule has 1 heterocycles. The molecule has 1 unspecified atom stereocenters. The van der Waals surface area contributed by atoms with Gasteiger partial charge in [-0.2, -0.15) is 0 Å². The Kier molecular flexibility index (Phi) is 3.99. The van der Waals surface area contributed by atoms with Gasteiger partial charge in [0.1, 0.15) is 5.75 Å². The number of thioether (sulfide) groups is 1. The number of fused-ring (bicyclic) bond motifs is 1. The van der Waals surface area contributed by atoms with Gasteiger partial charge in [0.25, 0.3) is 0 Å². The van der Waals surface area contributed by atoms with E-state index >= 15 is 0 Å². The number of aliphatic hydroxyl groups excluding tert-OH is 1. The van der Waals surface area contributed by atoms with E-state index in [1.54, 1.807) is 11.8 Å². The van der Waals surface area contributed by atoms with E-state index in [2.05, 4.69) is 31.2 Å². The molecule has 20 heavy (non-hydrogen) atoms. The Bertz CT molecular complexity index is 610. The molecule has 0 aliphatic carbocycles. The Morgan fingerprint density at radius 3 is 2.95 bits per heavy atom. The summed E-state index contributed by atoms with van der Waals surface area (Å²) in [6, 6.07) is 14.4. The molecule has 104 valence electrons. The van der Waals surface area contributed by atoms with E-state index in [4.69, 9.17) is 4.74 Å². The Labute approximate surface area is 123 Å². The summed E-state index contributed by atoms with van der Waals surface area (Å²) in [5.74, 6) is 1.54. The van der Waals surface area contributed by atoms with Gasteiger partial charge in [-0.05, 0) is 24.6 Å². The molecule has 0 spiro atoms. The molecular weight excluding hydrogens is 268 g/mol. The van der Waals surface area contributed by atoms with Gasteiger partial charge in [-0.1, -0.05) is 35.9 Å². The van der Waals surface area contributed by atoms with Gasteiger partial charge in [0.05, 0.1) is 12.7 Å². The summed E-state index contributed by atoms with van der Waals surface area (Å²) < 4.78 is 5.65. The molecule has 1 N–H and O–H groups in total. The van der Waals surface area contributed by atoms with Crippen molar-refractivity contribution < 1.29 is 9.84 Å². The Morgan fingerprint density at radius 1 is 1.25 bits per heavy atom.